The molecule has 2 N–H and O–H groups in total. The van der Waals surface area contributed by atoms with Gasteiger partial charge in [-0.15, -0.1) is 0 Å². The van der Waals surface area contributed by atoms with Crippen molar-refractivity contribution in [1.82, 2.24) is 5.32 Å². The Kier molecular flexibility index (Phi) is 5.84. The predicted octanol–water partition coefficient (Wildman–Crippen LogP) is 0.991. The summed E-state index contributed by atoms with van der Waals surface area (Å²) < 4.78 is 9.66. The molecule has 6 nitrogen and oxygen atoms in total. The fourth-order valence-electron chi connectivity index (χ4n) is 1.18. The van der Waals surface area contributed by atoms with Gasteiger partial charge in [0.2, 0.25) is 0 Å². The minimum absolute atomic E-state index is 0.247. The van der Waals surface area contributed by atoms with Crippen molar-refractivity contribution in [2.75, 3.05) is 13.7 Å². The first-order valence-electron chi connectivity index (χ1n) is 5.53. The van der Waals surface area contributed by atoms with Crippen molar-refractivity contribution in [3.8, 4) is 0 Å². The number of nitrogens with one attached hydrogen (secondary N) is 1. The summed E-state index contributed by atoms with van der Waals surface area (Å²) in [7, 11) is 1.21. The van der Waals surface area contributed by atoms with E-state index < -0.39 is 23.2 Å². The van der Waals surface area contributed by atoms with E-state index in [-0.39, 0.29) is 6.61 Å². The van der Waals surface area contributed by atoms with Crippen LogP contribution in [0.25, 0.3) is 0 Å². The average molecular weight is 259 g/mol. The third kappa shape index (κ3) is 5.67. The number of aliphatic hydroxyl groups excluding tert-OH is 1. The minimum atomic E-state index is -1.38. The maximum Gasteiger partial charge on any atom is 0.408 e. The van der Waals surface area contributed by atoms with E-state index in [2.05, 4.69) is 10.1 Å². The van der Waals surface area contributed by atoms with E-state index in [1.54, 1.807) is 20.8 Å². The third-order valence-corrected chi connectivity index (χ3v) is 1.93. The summed E-state index contributed by atoms with van der Waals surface area (Å²) in [4.78, 5) is 23.2. The summed E-state index contributed by atoms with van der Waals surface area (Å²) in [5.74, 6) is -0.655. The molecule has 0 fully saturated rings. The summed E-state index contributed by atoms with van der Waals surface area (Å²) in [5, 5.41) is 11.1. The van der Waals surface area contributed by atoms with Gasteiger partial charge >= 0.3 is 12.1 Å². The largest absolute Gasteiger partial charge is 0.467 e. The smallest absolute Gasteiger partial charge is 0.408 e. The van der Waals surface area contributed by atoms with E-state index >= 15 is 0 Å². The van der Waals surface area contributed by atoms with Crippen LogP contribution in [0, 0.1) is 0 Å². The number of hydrogen-bond donors (Lipinski definition) is 2. The van der Waals surface area contributed by atoms with Gasteiger partial charge in [0, 0.05) is 0 Å². The molecule has 0 bridgehead atoms. The molecule has 0 radical (unpaired) electrons. The van der Waals surface area contributed by atoms with Crippen LogP contribution in [0.5, 0.6) is 0 Å². The molecular formula is C12H21NO5. The van der Waals surface area contributed by atoms with Crippen LogP contribution in [0.3, 0.4) is 0 Å². The standard InChI is InChI=1S/C12H21NO5/c1-11(2,3)18-10(16)13-12(4,7-6-8-14)9(15)17-5/h6-7,14H,8H2,1-5H3,(H,13,16)/b7-6+/t12-/m0/s1. The number of amides is 1. The second-order valence-corrected chi connectivity index (χ2v) is 4.91. The molecule has 0 spiro atoms. The quantitative estimate of drug-likeness (QED) is 0.581. The number of esters is 1. The molecule has 0 saturated heterocycles. The highest BCUT2D eigenvalue weighted by Crippen LogP contribution is 2.12. The number of carbonyl (C=O) groups is 2. The molecule has 0 aliphatic rings. The molecule has 0 heterocycles. The number of methoxy groups -OCH3 is 1. The van der Waals surface area contributed by atoms with E-state index in [0.29, 0.717) is 0 Å². The summed E-state index contributed by atoms with van der Waals surface area (Å²) in [6.07, 6.45) is 1.95. The zero-order valence-electron chi connectivity index (χ0n) is 11.4. The van der Waals surface area contributed by atoms with Crippen LogP contribution in [0.2, 0.25) is 0 Å². The van der Waals surface area contributed by atoms with Gasteiger partial charge < -0.3 is 19.9 Å². The van der Waals surface area contributed by atoms with Crippen molar-refractivity contribution < 1.29 is 24.2 Å². The van der Waals surface area contributed by atoms with E-state index in [1.807, 2.05) is 0 Å². The highest BCUT2D eigenvalue weighted by molar-refractivity contribution is 5.87. The first-order chi connectivity index (χ1) is 8.14. The van der Waals surface area contributed by atoms with Crippen molar-refractivity contribution in [2.24, 2.45) is 0 Å². The van der Waals surface area contributed by atoms with Crippen LogP contribution in [0.4, 0.5) is 4.79 Å². The topological polar surface area (TPSA) is 84.9 Å². The molecule has 18 heavy (non-hydrogen) atoms. The van der Waals surface area contributed by atoms with Gasteiger partial charge in [-0.05, 0) is 33.8 Å². The molecule has 0 aromatic heterocycles. The van der Waals surface area contributed by atoms with Crippen molar-refractivity contribution in [1.29, 1.82) is 0 Å². The number of hydrogen-bond acceptors (Lipinski definition) is 5. The van der Waals surface area contributed by atoms with Crippen LogP contribution >= 0.6 is 0 Å². The summed E-state index contributed by atoms with van der Waals surface area (Å²) >= 11 is 0. The number of alkyl carbamates (subject to hydrolysis) is 1. The number of aliphatic hydroxyl groups is 1. The predicted molar refractivity (Wildman–Crippen MR) is 66.0 cm³/mol. The number of ether oxygens (including phenoxy) is 2. The maximum atomic E-state index is 11.6. The Labute approximate surface area is 107 Å². The molecule has 6 heteroatoms. The Morgan fingerprint density at radius 2 is 1.83 bits per heavy atom. The van der Waals surface area contributed by atoms with Crippen molar-refractivity contribution in [3.05, 3.63) is 12.2 Å². The lowest BCUT2D eigenvalue weighted by atomic mass is 10.0. The number of rotatable bonds is 4. The molecule has 0 saturated carbocycles. The van der Waals surface area contributed by atoms with Crippen LogP contribution in [-0.2, 0) is 14.3 Å². The van der Waals surface area contributed by atoms with Gasteiger partial charge in [-0.3, -0.25) is 0 Å². The van der Waals surface area contributed by atoms with Crippen LogP contribution in [0.1, 0.15) is 27.7 Å². The lowest BCUT2D eigenvalue weighted by molar-refractivity contribution is -0.145. The maximum absolute atomic E-state index is 11.6. The zero-order chi connectivity index (χ0) is 14.4. The lowest BCUT2D eigenvalue weighted by Crippen LogP contribution is -2.52. The van der Waals surface area contributed by atoms with Gasteiger partial charge in [-0.2, -0.15) is 0 Å². The second-order valence-electron chi connectivity index (χ2n) is 4.91. The molecule has 0 aromatic carbocycles. The number of carbonyl (C=O) groups excluding carboxylic acids is 2. The third-order valence-electron chi connectivity index (χ3n) is 1.93. The first-order valence-corrected chi connectivity index (χ1v) is 5.53. The van der Waals surface area contributed by atoms with Crippen LogP contribution in [-0.4, -0.2) is 42.0 Å². The second kappa shape index (κ2) is 6.39. The van der Waals surface area contributed by atoms with Crippen molar-refractivity contribution >= 4 is 12.1 Å². The zero-order valence-corrected chi connectivity index (χ0v) is 11.4. The lowest BCUT2D eigenvalue weighted by Gasteiger charge is -2.27. The van der Waals surface area contributed by atoms with Gasteiger partial charge in [0.15, 0.2) is 5.54 Å². The van der Waals surface area contributed by atoms with Gasteiger partial charge in [0.1, 0.15) is 5.60 Å². The molecule has 0 aliphatic carbocycles. The average Bonchev–Trinajstić information content (AvgIpc) is 2.22. The molecule has 0 aromatic rings. The minimum Gasteiger partial charge on any atom is -0.467 e. The molecule has 0 unspecified atom stereocenters. The van der Waals surface area contributed by atoms with Gasteiger partial charge in [0.05, 0.1) is 13.7 Å². The first kappa shape index (κ1) is 16.4. The molecule has 104 valence electrons. The van der Waals surface area contributed by atoms with E-state index in [4.69, 9.17) is 9.84 Å². The molecule has 0 rings (SSSR count). The SMILES string of the molecule is COC(=O)[C@](C)(/C=C/CO)NC(=O)OC(C)(C)C. The fourth-order valence-corrected chi connectivity index (χ4v) is 1.18. The molecule has 1 amide bonds. The van der Waals surface area contributed by atoms with Crippen molar-refractivity contribution in [2.45, 2.75) is 38.8 Å². The summed E-state index contributed by atoms with van der Waals surface area (Å²) in [6.45, 7) is 6.35. The highest BCUT2D eigenvalue weighted by atomic mass is 16.6. The highest BCUT2D eigenvalue weighted by Gasteiger charge is 2.34. The Bertz CT molecular complexity index is 332. The Morgan fingerprint density at radius 1 is 1.28 bits per heavy atom. The van der Waals surface area contributed by atoms with E-state index in [1.165, 1.54) is 26.2 Å². The van der Waals surface area contributed by atoms with E-state index in [9.17, 15) is 9.59 Å². The van der Waals surface area contributed by atoms with Crippen LogP contribution < -0.4 is 5.32 Å². The fraction of sp³-hybridized carbons (Fsp3) is 0.667. The van der Waals surface area contributed by atoms with Gasteiger partial charge in [0.25, 0.3) is 0 Å². The Balaban J connectivity index is 4.86. The summed E-state index contributed by atoms with van der Waals surface area (Å²) in [6, 6.07) is 0. The summed E-state index contributed by atoms with van der Waals surface area (Å²) in [5.41, 5.74) is -2.04. The van der Waals surface area contributed by atoms with Crippen LogP contribution in [0.15, 0.2) is 12.2 Å². The van der Waals surface area contributed by atoms with E-state index in [0.717, 1.165) is 0 Å². The molecule has 1 atom stereocenters. The molecular weight excluding hydrogens is 238 g/mol. The van der Waals surface area contributed by atoms with Gasteiger partial charge in [-0.25, -0.2) is 9.59 Å². The molecule has 0 aliphatic heterocycles. The van der Waals surface area contributed by atoms with Gasteiger partial charge in [-0.1, -0.05) is 6.08 Å². The Hall–Kier alpha value is -1.56. The Morgan fingerprint density at radius 3 is 2.22 bits per heavy atom. The normalized spacial score (nSPS) is 15.0. The monoisotopic (exact) mass is 259 g/mol. The van der Waals surface area contributed by atoms with Crippen molar-refractivity contribution in [3.63, 3.8) is 0 Å².